The van der Waals surface area contributed by atoms with Gasteiger partial charge in [0.05, 0.1) is 116 Å². The molecular weight excluding hydrogens is 1930 g/mol. The minimum absolute atomic E-state index is 0. The van der Waals surface area contributed by atoms with Crippen LogP contribution < -0.4 is 98.5 Å². The van der Waals surface area contributed by atoms with Gasteiger partial charge in [-0.1, -0.05) is 137 Å². The Hall–Kier alpha value is -14.6. The quantitative estimate of drug-likeness (QED) is 0.0184. The van der Waals surface area contributed by atoms with Crippen molar-refractivity contribution >= 4 is 134 Å². The fourth-order valence-electron chi connectivity index (χ4n) is 14.3. The molecule has 9 N–H and O–H groups in total. The van der Waals surface area contributed by atoms with Crippen LogP contribution in [0, 0.1) is 0 Å². The maximum atomic E-state index is 13.1. The minimum Gasteiger partial charge on any atom is -0.870 e. The first-order valence-electron chi connectivity index (χ1n) is 43.1. The van der Waals surface area contributed by atoms with E-state index in [4.69, 9.17) is 32.0 Å². The molecule has 16 aromatic rings. The molecular formula is C98H101BrN16NaO21SSi2-. The standard InChI is InChI=1S/C25H23N5O3.C17H14N2O4.C16H12N2O4.C14H22N2O2Si2.C9H9BrO2.C9H13N3.C8H6N2O2.Na.H2O3S.H2O/c31-23-20-8-1-2-9-21(20)30(25(33)27-23)17-18-6-5-7-19(16-18)24(32)29-14-12-28(13-15-29)22-10-3-4-11-26-22;1-23-16(21)12-6-4-5-11(9-12)10-19-14-8-3-2-7-13(14)15(20)18-17(19)22;19-14-12-6-1-2-7-13(12)18(16(22)17-14)9-10-4-3-5-11(8-10)15(20)21;1-19(2,3)17-13-11-9-7-8-10-12(11)15-14(16-13)18-20(4,5)6;1-12-9(11)8-4-2-3-7(5-8)6-10;1-2-4-11-9(3-1)12-7-5-10-6-8-12;11-7-5-3-1-2-4-6(5)9-8(12)10-7;;1-4(2)3;/h1-11,16H,12-15,17H2,(H,27,31,33);2-9H,10H2,1H3,(H,18,20,22);1-8H,9H2,(H,20,21)(H,17,19,22);7-10H,1-6H3;2-5H,6H2,1H3;1-4,10H,5-8H2;1-4H,(H2,9,10,11,12);;(H2,1,2,3);1H2/q;;;;;;;+1;;/p-2. The second-order valence-electron chi connectivity index (χ2n) is 32.6. The van der Waals surface area contributed by atoms with Crippen molar-refractivity contribution < 1.29 is 91.0 Å². The minimum atomic E-state index is -2.86. The van der Waals surface area contributed by atoms with Gasteiger partial charge in [0.15, 0.2) is 0 Å². The number of aromatic carboxylic acids is 1. The number of pyridine rings is 2. The zero-order chi connectivity index (χ0) is 99.2. The number of fused-ring (bicyclic) bond motifs is 5. The summed E-state index contributed by atoms with van der Waals surface area (Å²) in [7, 11) is -0.775. The number of rotatable bonds is 17. The van der Waals surface area contributed by atoms with Crippen molar-refractivity contribution in [3.05, 3.63) is 395 Å². The number of carbonyl (C=O) groups excluding carboxylic acids is 3. The number of H-pyrrole nitrogens is 5. The van der Waals surface area contributed by atoms with E-state index in [1.165, 1.54) is 40.1 Å². The number of benzene rings is 9. The van der Waals surface area contributed by atoms with Gasteiger partial charge < -0.3 is 63.0 Å². The number of carboxylic acid groups (broad SMARTS) is 1. The van der Waals surface area contributed by atoms with Gasteiger partial charge in [-0.15, -0.1) is 0 Å². The number of hydrogen-bond acceptors (Lipinski definition) is 26. The molecule has 1 atom stereocenters. The molecule has 7 aromatic heterocycles. The van der Waals surface area contributed by atoms with Gasteiger partial charge in [0, 0.05) is 75.6 Å². The molecule has 37 nitrogen and oxygen atoms in total. The molecule has 2 aliphatic heterocycles. The number of hydrogen-bond donors (Lipinski definition) is 8. The van der Waals surface area contributed by atoms with Crippen molar-refractivity contribution in [2.45, 2.75) is 64.2 Å². The van der Waals surface area contributed by atoms with Crippen LogP contribution in [0.15, 0.2) is 306 Å². The number of amides is 1. The number of methoxy groups -OCH3 is 2. The molecule has 722 valence electrons. The van der Waals surface area contributed by atoms with Crippen LogP contribution >= 0.6 is 15.9 Å². The van der Waals surface area contributed by atoms with Crippen LogP contribution in [0.3, 0.4) is 0 Å². The molecule has 1 amide bonds. The van der Waals surface area contributed by atoms with Gasteiger partial charge in [-0.05, 0) is 195 Å². The number of esters is 2. The van der Waals surface area contributed by atoms with Crippen LogP contribution in [0.2, 0.25) is 39.3 Å². The second kappa shape index (κ2) is 52.2. The van der Waals surface area contributed by atoms with E-state index in [0.29, 0.717) is 90.8 Å². The van der Waals surface area contributed by atoms with Gasteiger partial charge in [0.25, 0.3) is 28.1 Å². The van der Waals surface area contributed by atoms with Crippen LogP contribution in [0.5, 0.6) is 11.9 Å². The molecule has 0 bridgehead atoms. The second-order valence-corrected chi connectivity index (χ2v) is 42.5. The van der Waals surface area contributed by atoms with Gasteiger partial charge in [-0.2, -0.15) is 9.97 Å². The van der Waals surface area contributed by atoms with E-state index in [9.17, 15) is 57.5 Å². The number of anilines is 2. The van der Waals surface area contributed by atoms with Crippen LogP contribution in [0.4, 0.5) is 11.6 Å². The number of ether oxygens (including phenoxy) is 2. The van der Waals surface area contributed by atoms with Crippen LogP contribution in [-0.4, -0.2) is 194 Å². The molecule has 0 aliphatic carbocycles. The molecule has 2 aliphatic rings. The molecule has 0 radical (unpaired) electrons. The first-order chi connectivity index (χ1) is 66.1. The molecule has 2 fully saturated rings. The van der Waals surface area contributed by atoms with E-state index < -0.39 is 79.4 Å². The third-order valence-corrected chi connectivity index (χ3v) is 22.8. The van der Waals surface area contributed by atoms with Gasteiger partial charge >= 0.3 is 76.2 Å². The van der Waals surface area contributed by atoms with E-state index in [-0.39, 0.29) is 77.7 Å². The Kier molecular flexibility index (Phi) is 40.7. The smallest absolute Gasteiger partial charge is 0.870 e. The summed E-state index contributed by atoms with van der Waals surface area (Å²) >= 11 is 0.449. The maximum absolute atomic E-state index is 13.1. The summed E-state index contributed by atoms with van der Waals surface area (Å²) in [6.07, 6.45) is 3.62. The van der Waals surface area contributed by atoms with Gasteiger partial charge in [0.2, 0.25) is 22.5 Å². The third-order valence-electron chi connectivity index (χ3n) is 20.6. The summed E-state index contributed by atoms with van der Waals surface area (Å²) in [6.45, 7) is 20.4. The fourth-order valence-corrected chi connectivity index (χ4v) is 16.0. The first kappa shape index (κ1) is 109. The Bertz CT molecular complexity index is 7530. The SMILES string of the molecule is COC(=O)c1cccc(CBr)c1.COC(=O)c1cccc(Cn2c(=O)[nH]c(=O)c3ccccc32)c1.C[Si](C)(C)Oc1nc(O[Si](C)(C)C)c2ccccc2n1.O=C(O)c1cccc(Cn2c(=O)[nH]c(=O)c3ccccc32)c1.O=C(c1cccc(Cn2c(=O)[nH]c(=O)c3ccccc32)c1)N1CCN(c2ccccn2)CC1.O=S([O-])O.O=c1[nH]c(=O)c2ccccc2[nH]1.[Na+].[OH-].c1ccc(N2CCNCC2)nc1. The molecule has 42 heteroatoms. The summed E-state index contributed by atoms with van der Waals surface area (Å²) in [5.74, 6) is 0.868. The summed E-state index contributed by atoms with van der Waals surface area (Å²) < 4.78 is 49.8. The number of halogens is 1. The monoisotopic (exact) mass is 2030 g/mol. The van der Waals surface area contributed by atoms with Crippen molar-refractivity contribution in [1.29, 1.82) is 0 Å². The number of nitrogens with zero attached hydrogens (tertiary/aromatic N) is 10. The van der Waals surface area contributed by atoms with E-state index >= 15 is 0 Å². The van der Waals surface area contributed by atoms with Crippen LogP contribution in [0.25, 0.3) is 54.5 Å². The topological polar surface area (TPSA) is 519 Å². The number of piperazine rings is 2. The van der Waals surface area contributed by atoms with Crippen molar-refractivity contribution in [2.75, 3.05) is 76.4 Å². The Labute approximate surface area is 835 Å². The Morgan fingerprint density at radius 3 is 1.24 bits per heavy atom. The van der Waals surface area contributed by atoms with Gasteiger partial charge in [-0.25, -0.2) is 47.7 Å². The molecule has 140 heavy (non-hydrogen) atoms. The van der Waals surface area contributed by atoms with Crippen LogP contribution in [-0.2, 0) is 45.8 Å². The Balaban J connectivity index is 0.000000186. The zero-order valence-corrected chi connectivity index (χ0v) is 84.2. The number of aromatic nitrogens is 12. The van der Waals surface area contributed by atoms with Gasteiger partial charge in [0.1, 0.15) is 11.6 Å². The molecule has 9 aromatic carbocycles. The Morgan fingerprint density at radius 2 is 0.807 bits per heavy atom. The number of alkyl halides is 1. The number of para-hydroxylation sites is 5. The predicted molar refractivity (Wildman–Crippen MR) is 540 cm³/mol. The van der Waals surface area contributed by atoms with E-state index in [2.05, 4.69) is 126 Å². The molecule has 0 spiro atoms. The molecule has 9 heterocycles. The van der Waals surface area contributed by atoms with E-state index in [0.717, 1.165) is 83.8 Å². The molecule has 18 rings (SSSR count). The summed E-state index contributed by atoms with van der Waals surface area (Å²) in [4.78, 5) is 177. The predicted octanol–water partition coefficient (Wildman–Crippen LogP) is 8.36. The average Bonchev–Trinajstić information content (AvgIpc) is 0.821. The van der Waals surface area contributed by atoms with Crippen LogP contribution in [0.1, 0.15) is 63.7 Å². The van der Waals surface area contributed by atoms with Crippen molar-refractivity contribution in [1.82, 2.24) is 68.8 Å². The van der Waals surface area contributed by atoms with Gasteiger partial charge in [-0.3, -0.25) is 57.6 Å². The van der Waals surface area contributed by atoms with E-state index in [1.54, 1.807) is 158 Å². The van der Waals surface area contributed by atoms with E-state index in [1.807, 2.05) is 96.0 Å². The maximum Gasteiger partial charge on any atom is 1.00 e. The third kappa shape index (κ3) is 31.4. The summed E-state index contributed by atoms with van der Waals surface area (Å²) in [5, 5.41) is 15.8. The largest absolute Gasteiger partial charge is 1.00 e. The number of aromatic amines is 5. The molecule has 0 saturated carbocycles. The molecule has 1 unspecified atom stereocenters. The summed E-state index contributed by atoms with van der Waals surface area (Å²) in [6, 6.07) is 75.5. The summed E-state index contributed by atoms with van der Waals surface area (Å²) in [5.41, 5.74) is 4.53. The van der Waals surface area contributed by atoms with Crippen molar-refractivity contribution in [2.24, 2.45) is 0 Å². The zero-order valence-electron chi connectivity index (χ0n) is 77.8. The van der Waals surface area contributed by atoms with Crippen molar-refractivity contribution in [3.8, 4) is 11.9 Å². The number of nitrogens with one attached hydrogen (secondary N) is 6. The average molecular weight is 2030 g/mol. The fraction of sp³-hybridized carbons (Fsp3) is 0.204. The molecule has 2 saturated heterocycles. The first-order valence-corrected chi connectivity index (χ1v) is 52.1. The normalized spacial score (nSPS) is 12.2. The Morgan fingerprint density at radius 1 is 0.436 bits per heavy atom. The van der Waals surface area contributed by atoms with Crippen molar-refractivity contribution in [3.63, 3.8) is 0 Å². The number of carboxylic acids is 1. The number of carbonyl (C=O) groups is 4.